The third-order valence-corrected chi connectivity index (χ3v) is 4.25. The van der Waals surface area contributed by atoms with Crippen LogP contribution >= 0.6 is 0 Å². The van der Waals surface area contributed by atoms with E-state index in [-0.39, 0.29) is 11.9 Å². The van der Waals surface area contributed by atoms with Crippen LogP contribution in [0, 0.1) is 6.92 Å². The molecule has 1 aliphatic heterocycles. The topological polar surface area (TPSA) is 29.5 Å². The summed E-state index contributed by atoms with van der Waals surface area (Å²) in [5.74, 6) is 0.0182. The fourth-order valence-corrected chi connectivity index (χ4v) is 2.97. The molecule has 0 aromatic heterocycles. The summed E-state index contributed by atoms with van der Waals surface area (Å²) in [5, 5.41) is 0. The number of hydrogen-bond acceptors (Lipinski definition) is 2. The first kappa shape index (κ1) is 15.8. The maximum Gasteiger partial charge on any atom is 0.256 e. The van der Waals surface area contributed by atoms with E-state index >= 15 is 0 Å². The molecule has 0 bridgehead atoms. The van der Waals surface area contributed by atoms with Gasteiger partial charge >= 0.3 is 0 Å². The van der Waals surface area contributed by atoms with Crippen molar-refractivity contribution in [1.82, 2.24) is 4.90 Å². The van der Waals surface area contributed by atoms with E-state index in [1.807, 2.05) is 65.6 Å². The molecular formula is C20H22NO2. The lowest BCUT2D eigenvalue weighted by Crippen LogP contribution is -2.38. The van der Waals surface area contributed by atoms with Gasteiger partial charge < -0.3 is 9.64 Å². The fourth-order valence-electron chi connectivity index (χ4n) is 2.97. The third kappa shape index (κ3) is 3.80. The van der Waals surface area contributed by atoms with Crippen molar-refractivity contribution in [3.8, 4) is 0 Å². The normalized spacial score (nSPS) is 18.8. The Kier molecular flexibility index (Phi) is 5.09. The van der Waals surface area contributed by atoms with Gasteiger partial charge in [-0.05, 0) is 30.9 Å². The number of carbonyl (C=O) groups is 1. The minimum atomic E-state index is -0.571. The Balaban J connectivity index is 1.78. The summed E-state index contributed by atoms with van der Waals surface area (Å²) in [5.41, 5.74) is 1.96. The van der Waals surface area contributed by atoms with Crippen LogP contribution < -0.4 is 0 Å². The quantitative estimate of drug-likeness (QED) is 0.841. The molecule has 1 fully saturated rings. The zero-order valence-electron chi connectivity index (χ0n) is 13.2. The highest BCUT2D eigenvalue weighted by atomic mass is 16.5. The van der Waals surface area contributed by atoms with E-state index < -0.39 is 6.10 Å². The molecule has 2 aromatic carbocycles. The number of carbonyl (C=O) groups excluding carboxylic acids is 1. The number of hydrogen-bond donors (Lipinski definition) is 0. The fraction of sp³-hybridized carbons (Fsp3) is 0.300. The highest BCUT2D eigenvalue weighted by Crippen LogP contribution is 2.26. The minimum Gasteiger partial charge on any atom is -0.359 e. The van der Waals surface area contributed by atoms with E-state index in [2.05, 4.69) is 6.92 Å². The second-order valence-electron chi connectivity index (χ2n) is 5.92. The zero-order valence-corrected chi connectivity index (χ0v) is 13.2. The summed E-state index contributed by atoms with van der Waals surface area (Å²) in [6, 6.07) is 19.7. The molecule has 2 atom stereocenters. The Hall–Kier alpha value is -2.13. The van der Waals surface area contributed by atoms with Crippen LogP contribution in [0.15, 0.2) is 60.7 Å². The van der Waals surface area contributed by atoms with Crippen LogP contribution in [0.5, 0.6) is 0 Å². The number of amides is 1. The molecule has 0 N–H and O–H groups in total. The van der Waals surface area contributed by atoms with Gasteiger partial charge in [-0.15, -0.1) is 0 Å². The highest BCUT2D eigenvalue weighted by molar-refractivity contribution is 5.83. The van der Waals surface area contributed by atoms with Crippen LogP contribution in [0.3, 0.4) is 0 Å². The predicted octanol–water partition coefficient (Wildman–Crippen LogP) is 3.77. The average molecular weight is 308 g/mol. The molecule has 2 aromatic rings. The van der Waals surface area contributed by atoms with E-state index in [0.29, 0.717) is 6.61 Å². The minimum absolute atomic E-state index is 0.0182. The van der Waals surface area contributed by atoms with Crippen molar-refractivity contribution in [2.75, 3.05) is 6.54 Å². The van der Waals surface area contributed by atoms with Crippen molar-refractivity contribution in [3.63, 3.8) is 0 Å². The molecule has 1 aliphatic rings. The van der Waals surface area contributed by atoms with Crippen LogP contribution in [0.2, 0.25) is 0 Å². The van der Waals surface area contributed by atoms with Crippen LogP contribution in [-0.4, -0.2) is 23.4 Å². The van der Waals surface area contributed by atoms with Gasteiger partial charge in [-0.2, -0.15) is 0 Å². The van der Waals surface area contributed by atoms with E-state index in [4.69, 9.17) is 4.74 Å². The Bertz CT molecular complexity index is 627. The first-order valence-corrected chi connectivity index (χ1v) is 8.10. The van der Waals surface area contributed by atoms with Gasteiger partial charge in [-0.3, -0.25) is 4.79 Å². The highest BCUT2D eigenvalue weighted by Gasteiger charge is 2.32. The van der Waals surface area contributed by atoms with Gasteiger partial charge in [0.25, 0.3) is 5.91 Å². The van der Waals surface area contributed by atoms with Crippen molar-refractivity contribution in [2.45, 2.75) is 31.6 Å². The Labute approximate surface area is 137 Å². The number of nitrogens with zero attached hydrogens (tertiary/aromatic N) is 1. The summed E-state index contributed by atoms with van der Waals surface area (Å²) < 4.78 is 6.02. The van der Waals surface area contributed by atoms with Gasteiger partial charge in [0.2, 0.25) is 0 Å². The van der Waals surface area contributed by atoms with Crippen molar-refractivity contribution < 1.29 is 9.53 Å². The first-order valence-electron chi connectivity index (χ1n) is 8.10. The Morgan fingerprint density at radius 2 is 1.78 bits per heavy atom. The van der Waals surface area contributed by atoms with Gasteiger partial charge in [-0.1, -0.05) is 60.7 Å². The maximum absolute atomic E-state index is 12.9. The summed E-state index contributed by atoms with van der Waals surface area (Å²) in [6.45, 7) is 5.27. The summed E-state index contributed by atoms with van der Waals surface area (Å²) in [7, 11) is 0. The van der Waals surface area contributed by atoms with E-state index in [1.54, 1.807) is 0 Å². The van der Waals surface area contributed by atoms with Gasteiger partial charge in [-0.25, -0.2) is 0 Å². The van der Waals surface area contributed by atoms with Gasteiger partial charge in [0.1, 0.15) is 0 Å². The summed E-state index contributed by atoms with van der Waals surface area (Å²) >= 11 is 0. The number of likely N-dealkylation sites (tertiary alicyclic amines) is 1. The van der Waals surface area contributed by atoms with E-state index in [9.17, 15) is 4.79 Å². The summed E-state index contributed by atoms with van der Waals surface area (Å²) in [4.78, 5) is 14.8. The Morgan fingerprint density at radius 1 is 1.13 bits per heavy atom. The van der Waals surface area contributed by atoms with Gasteiger partial charge in [0, 0.05) is 12.6 Å². The second-order valence-corrected chi connectivity index (χ2v) is 5.92. The molecule has 1 radical (unpaired) electrons. The van der Waals surface area contributed by atoms with Crippen LogP contribution in [0.25, 0.3) is 0 Å². The lowest BCUT2D eigenvalue weighted by Gasteiger charge is -2.27. The molecule has 3 heteroatoms. The van der Waals surface area contributed by atoms with E-state index in [0.717, 1.165) is 30.5 Å². The lowest BCUT2D eigenvalue weighted by molar-refractivity contribution is -0.145. The number of rotatable bonds is 5. The number of ether oxygens (including phenoxy) is 1. The molecule has 1 heterocycles. The average Bonchev–Trinajstić information content (AvgIpc) is 3.03. The molecule has 3 rings (SSSR count). The molecule has 0 saturated carbocycles. The van der Waals surface area contributed by atoms with Crippen LogP contribution in [-0.2, 0) is 16.1 Å². The predicted molar refractivity (Wildman–Crippen MR) is 90.5 cm³/mol. The molecule has 23 heavy (non-hydrogen) atoms. The van der Waals surface area contributed by atoms with Crippen molar-refractivity contribution in [2.24, 2.45) is 0 Å². The SMILES string of the molecule is [CH2][C@H]1CCCN1C(=O)C(OCc1ccccc1)c1ccccc1. The number of benzene rings is 2. The smallest absolute Gasteiger partial charge is 0.256 e. The molecule has 0 spiro atoms. The molecular weight excluding hydrogens is 286 g/mol. The maximum atomic E-state index is 12.9. The molecule has 3 nitrogen and oxygen atoms in total. The van der Waals surface area contributed by atoms with Crippen LogP contribution in [0.4, 0.5) is 0 Å². The molecule has 1 saturated heterocycles. The molecule has 0 aliphatic carbocycles. The zero-order chi connectivity index (χ0) is 16.1. The van der Waals surface area contributed by atoms with Crippen molar-refractivity contribution >= 4 is 5.91 Å². The molecule has 1 amide bonds. The van der Waals surface area contributed by atoms with Crippen molar-refractivity contribution in [1.29, 1.82) is 0 Å². The largest absolute Gasteiger partial charge is 0.359 e. The van der Waals surface area contributed by atoms with Crippen LogP contribution in [0.1, 0.15) is 30.1 Å². The van der Waals surface area contributed by atoms with E-state index in [1.165, 1.54) is 0 Å². The summed E-state index contributed by atoms with van der Waals surface area (Å²) in [6.07, 6.45) is 1.41. The lowest BCUT2D eigenvalue weighted by atomic mass is 10.1. The van der Waals surface area contributed by atoms with Gasteiger partial charge in [0.05, 0.1) is 6.61 Å². The monoisotopic (exact) mass is 308 g/mol. The first-order chi connectivity index (χ1) is 11.3. The standard InChI is InChI=1S/C20H22NO2/c1-16-9-8-14-21(16)20(22)19(18-12-6-3-7-13-18)23-15-17-10-4-2-5-11-17/h2-7,10-13,16,19H,1,8-9,14-15H2/t16-,19?/m0/s1. The van der Waals surface area contributed by atoms with Crippen molar-refractivity contribution in [3.05, 3.63) is 78.7 Å². The third-order valence-electron chi connectivity index (χ3n) is 4.25. The molecule has 1 unspecified atom stereocenters. The molecule has 119 valence electrons. The Morgan fingerprint density at radius 3 is 2.39 bits per heavy atom. The second kappa shape index (κ2) is 7.42. The van der Waals surface area contributed by atoms with Gasteiger partial charge in [0.15, 0.2) is 6.10 Å².